The Balaban J connectivity index is 2.31. The zero-order valence-electron chi connectivity index (χ0n) is 7.91. The molecular formula is C10H7F3O3. The SMILES string of the molecule is O=C(O)C1(c2ccc(C(F)(F)F)cc2)CO1. The van der Waals surface area contributed by atoms with Crippen molar-refractivity contribution in [2.75, 3.05) is 6.61 Å². The van der Waals surface area contributed by atoms with Crippen LogP contribution < -0.4 is 0 Å². The molecule has 1 heterocycles. The quantitative estimate of drug-likeness (QED) is 0.793. The number of aliphatic carboxylic acids is 1. The van der Waals surface area contributed by atoms with Crippen LogP contribution in [0, 0.1) is 0 Å². The molecule has 3 nitrogen and oxygen atoms in total. The number of alkyl halides is 3. The van der Waals surface area contributed by atoms with Gasteiger partial charge in [-0.25, -0.2) is 4.79 Å². The smallest absolute Gasteiger partial charge is 0.416 e. The Labute approximate surface area is 88.5 Å². The maximum absolute atomic E-state index is 12.2. The lowest BCUT2D eigenvalue weighted by molar-refractivity contribution is -0.143. The van der Waals surface area contributed by atoms with Crippen molar-refractivity contribution in [3.05, 3.63) is 35.4 Å². The summed E-state index contributed by atoms with van der Waals surface area (Å²) >= 11 is 0. The van der Waals surface area contributed by atoms with E-state index < -0.39 is 23.3 Å². The third kappa shape index (κ3) is 1.65. The summed E-state index contributed by atoms with van der Waals surface area (Å²) in [7, 11) is 0. The summed E-state index contributed by atoms with van der Waals surface area (Å²) in [5.74, 6) is -1.19. The predicted octanol–water partition coefficient (Wildman–Crippen LogP) is 2.02. The van der Waals surface area contributed by atoms with Crippen LogP contribution in [0.4, 0.5) is 13.2 Å². The fourth-order valence-corrected chi connectivity index (χ4v) is 1.41. The molecule has 1 fully saturated rings. The van der Waals surface area contributed by atoms with E-state index >= 15 is 0 Å². The van der Waals surface area contributed by atoms with Gasteiger partial charge in [0.2, 0.25) is 5.60 Å². The molecule has 0 amide bonds. The van der Waals surface area contributed by atoms with Crippen molar-refractivity contribution in [3.8, 4) is 0 Å². The molecule has 1 saturated heterocycles. The Kier molecular flexibility index (Phi) is 2.20. The van der Waals surface area contributed by atoms with Crippen molar-refractivity contribution in [2.45, 2.75) is 11.8 Å². The topological polar surface area (TPSA) is 49.8 Å². The van der Waals surface area contributed by atoms with E-state index in [1.54, 1.807) is 0 Å². The van der Waals surface area contributed by atoms with Crippen LogP contribution in [-0.2, 0) is 21.3 Å². The molecule has 1 unspecified atom stereocenters. The molecule has 6 heteroatoms. The lowest BCUT2D eigenvalue weighted by Gasteiger charge is -2.09. The highest BCUT2D eigenvalue weighted by Gasteiger charge is 2.54. The minimum absolute atomic E-state index is 0.00625. The van der Waals surface area contributed by atoms with E-state index in [2.05, 4.69) is 0 Å². The van der Waals surface area contributed by atoms with E-state index in [0.29, 0.717) is 0 Å². The first-order valence-electron chi connectivity index (χ1n) is 4.41. The van der Waals surface area contributed by atoms with E-state index in [9.17, 15) is 18.0 Å². The molecule has 1 aromatic rings. The number of hydrogen-bond donors (Lipinski definition) is 1. The van der Waals surface area contributed by atoms with Crippen LogP contribution in [0.15, 0.2) is 24.3 Å². The van der Waals surface area contributed by atoms with Crippen molar-refractivity contribution in [2.24, 2.45) is 0 Å². The van der Waals surface area contributed by atoms with Gasteiger partial charge >= 0.3 is 12.1 Å². The van der Waals surface area contributed by atoms with Gasteiger partial charge in [0.1, 0.15) is 0 Å². The molecule has 1 aliphatic heterocycles. The van der Waals surface area contributed by atoms with E-state index in [1.165, 1.54) is 0 Å². The average Bonchev–Trinajstić information content (AvgIpc) is 2.97. The number of hydrogen-bond acceptors (Lipinski definition) is 2. The first kappa shape index (κ1) is 10.9. The second-order valence-corrected chi connectivity index (χ2v) is 3.50. The van der Waals surface area contributed by atoms with Crippen molar-refractivity contribution < 1.29 is 27.8 Å². The minimum atomic E-state index is -4.42. The normalized spacial score (nSPS) is 24.2. The number of carbonyl (C=O) groups is 1. The van der Waals surface area contributed by atoms with Crippen LogP contribution in [0.2, 0.25) is 0 Å². The number of carboxylic acid groups (broad SMARTS) is 1. The number of carboxylic acids is 1. The third-order valence-corrected chi connectivity index (χ3v) is 2.46. The molecule has 1 N–H and O–H groups in total. The van der Waals surface area contributed by atoms with Gasteiger partial charge in [-0.3, -0.25) is 0 Å². The molecule has 0 aliphatic carbocycles. The average molecular weight is 232 g/mol. The van der Waals surface area contributed by atoms with Gasteiger partial charge in [0.05, 0.1) is 12.2 Å². The minimum Gasteiger partial charge on any atom is -0.479 e. The first-order chi connectivity index (χ1) is 7.36. The zero-order chi connectivity index (χ0) is 12.0. The summed E-state index contributed by atoms with van der Waals surface area (Å²) in [6.07, 6.45) is -4.42. The third-order valence-electron chi connectivity index (χ3n) is 2.46. The van der Waals surface area contributed by atoms with E-state index in [-0.39, 0.29) is 12.2 Å². The molecule has 16 heavy (non-hydrogen) atoms. The van der Waals surface area contributed by atoms with Crippen LogP contribution in [0.25, 0.3) is 0 Å². The molecule has 0 spiro atoms. The number of rotatable bonds is 2. The molecule has 1 atom stereocenters. The van der Waals surface area contributed by atoms with Crippen LogP contribution >= 0.6 is 0 Å². The van der Waals surface area contributed by atoms with Gasteiger partial charge in [-0.05, 0) is 17.7 Å². The molecule has 1 aromatic carbocycles. The maximum atomic E-state index is 12.2. The fourth-order valence-electron chi connectivity index (χ4n) is 1.41. The molecule has 0 bridgehead atoms. The van der Waals surface area contributed by atoms with Crippen molar-refractivity contribution in [1.82, 2.24) is 0 Å². The Morgan fingerprint density at radius 3 is 2.12 bits per heavy atom. The summed E-state index contributed by atoms with van der Waals surface area (Å²) in [6, 6.07) is 3.96. The van der Waals surface area contributed by atoms with Gasteiger partial charge in [-0.2, -0.15) is 13.2 Å². The number of ether oxygens (including phenoxy) is 1. The molecular weight excluding hydrogens is 225 g/mol. The van der Waals surface area contributed by atoms with Gasteiger partial charge in [0.25, 0.3) is 0 Å². The molecule has 0 aromatic heterocycles. The van der Waals surface area contributed by atoms with Crippen LogP contribution in [0.5, 0.6) is 0 Å². The fraction of sp³-hybridized carbons (Fsp3) is 0.300. The Bertz CT molecular complexity index is 418. The Hall–Kier alpha value is -1.56. The molecule has 0 radical (unpaired) electrons. The van der Waals surface area contributed by atoms with Crippen molar-refractivity contribution in [3.63, 3.8) is 0 Å². The highest BCUT2D eigenvalue weighted by molar-refractivity contribution is 5.82. The zero-order valence-corrected chi connectivity index (χ0v) is 7.91. The van der Waals surface area contributed by atoms with E-state index in [1.807, 2.05) is 0 Å². The van der Waals surface area contributed by atoms with Gasteiger partial charge in [0.15, 0.2) is 0 Å². The second kappa shape index (κ2) is 3.21. The molecule has 86 valence electrons. The van der Waals surface area contributed by atoms with Crippen LogP contribution in [0.1, 0.15) is 11.1 Å². The number of halogens is 3. The van der Waals surface area contributed by atoms with Crippen molar-refractivity contribution in [1.29, 1.82) is 0 Å². The summed E-state index contributed by atoms with van der Waals surface area (Å²) < 4.78 is 41.5. The van der Waals surface area contributed by atoms with Gasteiger partial charge in [-0.15, -0.1) is 0 Å². The van der Waals surface area contributed by atoms with Crippen molar-refractivity contribution >= 4 is 5.97 Å². The summed E-state index contributed by atoms with van der Waals surface area (Å²) in [4.78, 5) is 10.8. The largest absolute Gasteiger partial charge is 0.479 e. The number of benzene rings is 1. The number of epoxide rings is 1. The highest BCUT2D eigenvalue weighted by Crippen LogP contribution is 2.40. The van der Waals surface area contributed by atoms with Gasteiger partial charge in [-0.1, -0.05) is 12.1 Å². The monoisotopic (exact) mass is 232 g/mol. The predicted molar refractivity (Wildman–Crippen MR) is 46.7 cm³/mol. The lowest BCUT2D eigenvalue weighted by Crippen LogP contribution is -2.21. The van der Waals surface area contributed by atoms with Gasteiger partial charge < -0.3 is 9.84 Å². The van der Waals surface area contributed by atoms with E-state index in [4.69, 9.17) is 9.84 Å². The summed E-state index contributed by atoms with van der Waals surface area (Å²) in [5, 5.41) is 8.84. The maximum Gasteiger partial charge on any atom is 0.416 e. The van der Waals surface area contributed by atoms with Crippen LogP contribution in [-0.4, -0.2) is 17.7 Å². The van der Waals surface area contributed by atoms with Crippen LogP contribution in [0.3, 0.4) is 0 Å². The standard InChI is InChI=1S/C10H7F3O3/c11-10(12,13)7-3-1-6(2-4-7)9(5-16-9)8(14)15/h1-4H,5H2,(H,14,15). The lowest BCUT2D eigenvalue weighted by atomic mass is 9.99. The second-order valence-electron chi connectivity index (χ2n) is 3.50. The molecule has 2 rings (SSSR count). The molecule has 1 aliphatic rings. The Morgan fingerprint density at radius 1 is 1.31 bits per heavy atom. The summed E-state index contributed by atoms with van der Waals surface area (Å²) in [6.45, 7) is -0.00625. The summed E-state index contributed by atoms with van der Waals surface area (Å²) in [5.41, 5.74) is -2.02. The Morgan fingerprint density at radius 2 is 1.81 bits per heavy atom. The van der Waals surface area contributed by atoms with E-state index in [0.717, 1.165) is 24.3 Å². The highest BCUT2D eigenvalue weighted by atomic mass is 19.4. The first-order valence-corrected chi connectivity index (χ1v) is 4.41. The van der Waals surface area contributed by atoms with Gasteiger partial charge in [0, 0.05) is 0 Å². The molecule has 0 saturated carbocycles.